The fraction of sp³-hybridized carbons (Fsp3) is 0.464. The van der Waals surface area contributed by atoms with Gasteiger partial charge in [0.05, 0.1) is 6.61 Å². The van der Waals surface area contributed by atoms with Gasteiger partial charge < -0.3 is 10.4 Å². The summed E-state index contributed by atoms with van der Waals surface area (Å²) in [6.45, 7) is 1.78. The lowest BCUT2D eigenvalue weighted by Gasteiger charge is -2.09. The van der Waals surface area contributed by atoms with Crippen LogP contribution in [0, 0.1) is 0 Å². The molecule has 2 N–H and O–H groups in total. The maximum Gasteiger partial charge on any atom is 0.220 e. The van der Waals surface area contributed by atoms with Gasteiger partial charge in [-0.25, -0.2) is 0 Å². The van der Waals surface area contributed by atoms with Crippen molar-refractivity contribution in [2.75, 3.05) is 6.61 Å². The van der Waals surface area contributed by atoms with Crippen molar-refractivity contribution in [3.63, 3.8) is 0 Å². The van der Waals surface area contributed by atoms with Crippen molar-refractivity contribution in [1.29, 1.82) is 0 Å². The molecule has 0 aliphatic rings. The van der Waals surface area contributed by atoms with Gasteiger partial charge in [-0.3, -0.25) is 4.79 Å². The monoisotopic (exact) mass is 423 g/mol. The SMILES string of the molecule is C[C@H](CO)NC(=O)CCC/C=C\C/C=C\C/C=C\C/C=C\CCCCc1ccccc1. The summed E-state index contributed by atoms with van der Waals surface area (Å²) >= 11 is 0. The number of amides is 1. The van der Waals surface area contributed by atoms with Crippen LogP contribution in [0.15, 0.2) is 78.9 Å². The molecule has 0 unspecified atom stereocenters. The Bertz CT molecular complexity index is 674. The molecule has 0 saturated heterocycles. The van der Waals surface area contributed by atoms with Gasteiger partial charge in [0.2, 0.25) is 5.91 Å². The zero-order valence-corrected chi connectivity index (χ0v) is 19.2. The third-order valence-electron chi connectivity index (χ3n) is 4.87. The van der Waals surface area contributed by atoms with Gasteiger partial charge in [0.1, 0.15) is 0 Å². The Labute approximate surface area is 189 Å². The first-order chi connectivity index (χ1) is 15.2. The summed E-state index contributed by atoms with van der Waals surface area (Å²) in [5.74, 6) is 0.0135. The molecule has 170 valence electrons. The van der Waals surface area contributed by atoms with Gasteiger partial charge in [-0.15, -0.1) is 0 Å². The summed E-state index contributed by atoms with van der Waals surface area (Å²) < 4.78 is 0. The molecule has 1 atom stereocenters. The standard InChI is InChI=1S/C28H41NO2/c1-26(25-30)29-28(31)24-20-15-13-11-9-7-5-3-2-4-6-8-10-12-14-17-21-27-22-18-16-19-23-27/h2,4-5,7-8,10-11,13,16,18-19,22-23,26,30H,3,6,9,12,14-15,17,20-21,24-25H2,1H3,(H,29,31)/b4-2-,7-5-,10-8-,13-11-/t26-/m1/s1. The highest BCUT2D eigenvalue weighted by molar-refractivity contribution is 5.76. The lowest BCUT2D eigenvalue weighted by Crippen LogP contribution is -2.34. The first-order valence-electron chi connectivity index (χ1n) is 11.8. The number of benzene rings is 1. The Morgan fingerprint density at radius 3 is 1.97 bits per heavy atom. The van der Waals surface area contributed by atoms with Crippen LogP contribution in [0.2, 0.25) is 0 Å². The number of aliphatic hydroxyl groups excluding tert-OH is 1. The molecule has 0 aromatic heterocycles. The fourth-order valence-corrected chi connectivity index (χ4v) is 3.06. The van der Waals surface area contributed by atoms with E-state index in [1.165, 1.54) is 31.2 Å². The van der Waals surface area contributed by atoms with Gasteiger partial charge in [0.25, 0.3) is 0 Å². The first-order valence-corrected chi connectivity index (χ1v) is 11.8. The molecule has 0 aliphatic carbocycles. The molecule has 3 nitrogen and oxygen atoms in total. The number of aliphatic hydroxyl groups is 1. The molecule has 1 aromatic rings. The molecular weight excluding hydrogens is 382 g/mol. The maximum absolute atomic E-state index is 11.6. The lowest BCUT2D eigenvalue weighted by atomic mass is 10.1. The number of carbonyl (C=O) groups is 1. The van der Waals surface area contributed by atoms with Crippen LogP contribution >= 0.6 is 0 Å². The van der Waals surface area contributed by atoms with Crippen molar-refractivity contribution in [1.82, 2.24) is 5.32 Å². The third-order valence-corrected chi connectivity index (χ3v) is 4.87. The van der Waals surface area contributed by atoms with Gasteiger partial charge in [0, 0.05) is 12.5 Å². The minimum absolute atomic E-state index is 0.0135. The maximum atomic E-state index is 11.6. The molecule has 0 fully saturated rings. The van der Waals surface area contributed by atoms with Gasteiger partial charge in [-0.1, -0.05) is 78.9 Å². The summed E-state index contributed by atoms with van der Waals surface area (Å²) in [5.41, 5.74) is 1.44. The smallest absolute Gasteiger partial charge is 0.220 e. The van der Waals surface area contributed by atoms with Crippen molar-refractivity contribution in [3.05, 3.63) is 84.5 Å². The number of nitrogens with one attached hydrogen (secondary N) is 1. The van der Waals surface area contributed by atoms with Gasteiger partial charge in [0.15, 0.2) is 0 Å². The number of rotatable bonds is 17. The Morgan fingerprint density at radius 2 is 1.39 bits per heavy atom. The molecule has 0 heterocycles. The highest BCUT2D eigenvalue weighted by Gasteiger charge is 2.04. The van der Waals surface area contributed by atoms with E-state index in [0.717, 1.165) is 32.1 Å². The molecular formula is C28H41NO2. The topological polar surface area (TPSA) is 49.3 Å². The van der Waals surface area contributed by atoms with Gasteiger partial charge in [-0.05, 0) is 70.3 Å². The minimum atomic E-state index is -0.159. The fourth-order valence-electron chi connectivity index (χ4n) is 3.06. The zero-order chi connectivity index (χ0) is 22.4. The normalized spacial score (nSPS) is 13.1. The molecule has 1 aromatic carbocycles. The van der Waals surface area contributed by atoms with E-state index in [4.69, 9.17) is 5.11 Å². The van der Waals surface area contributed by atoms with Crippen molar-refractivity contribution >= 4 is 5.91 Å². The summed E-state index contributed by atoms with van der Waals surface area (Å²) in [7, 11) is 0. The quantitative estimate of drug-likeness (QED) is 0.223. The van der Waals surface area contributed by atoms with Crippen LogP contribution in [-0.4, -0.2) is 23.7 Å². The van der Waals surface area contributed by atoms with Gasteiger partial charge >= 0.3 is 0 Å². The molecule has 0 spiro atoms. The predicted octanol–water partition coefficient (Wildman–Crippen LogP) is 6.46. The Kier molecular flexibility index (Phi) is 16.8. The van der Waals surface area contributed by atoms with E-state index in [-0.39, 0.29) is 18.6 Å². The minimum Gasteiger partial charge on any atom is -0.394 e. The zero-order valence-electron chi connectivity index (χ0n) is 19.2. The Morgan fingerprint density at radius 1 is 0.839 bits per heavy atom. The number of hydrogen-bond donors (Lipinski definition) is 2. The number of carbonyl (C=O) groups excluding carboxylic acids is 1. The highest BCUT2D eigenvalue weighted by Crippen LogP contribution is 2.07. The number of aryl methyl sites for hydroxylation is 1. The second kappa shape index (κ2) is 19.6. The van der Waals surface area contributed by atoms with E-state index < -0.39 is 0 Å². The van der Waals surface area contributed by atoms with Crippen LogP contribution in [0.25, 0.3) is 0 Å². The summed E-state index contributed by atoms with van der Waals surface area (Å²) in [6, 6.07) is 10.5. The summed E-state index contributed by atoms with van der Waals surface area (Å²) in [4.78, 5) is 11.6. The van der Waals surface area contributed by atoms with Crippen molar-refractivity contribution in [2.45, 2.75) is 77.2 Å². The number of hydrogen-bond acceptors (Lipinski definition) is 2. The van der Waals surface area contributed by atoms with Crippen LogP contribution in [0.1, 0.15) is 70.3 Å². The highest BCUT2D eigenvalue weighted by atomic mass is 16.3. The average Bonchev–Trinajstić information content (AvgIpc) is 2.78. The van der Waals surface area contributed by atoms with E-state index in [1.54, 1.807) is 6.92 Å². The second-order valence-corrected chi connectivity index (χ2v) is 7.87. The summed E-state index contributed by atoms with van der Waals surface area (Å²) in [6.07, 6.45) is 27.7. The van der Waals surface area contributed by atoms with Crippen molar-refractivity contribution in [3.8, 4) is 0 Å². The van der Waals surface area contributed by atoms with E-state index >= 15 is 0 Å². The molecule has 1 amide bonds. The van der Waals surface area contributed by atoms with Crippen molar-refractivity contribution < 1.29 is 9.90 Å². The van der Waals surface area contributed by atoms with Crippen LogP contribution in [0.5, 0.6) is 0 Å². The second-order valence-electron chi connectivity index (χ2n) is 7.87. The molecule has 3 heteroatoms. The van der Waals surface area contributed by atoms with E-state index in [2.05, 4.69) is 84.3 Å². The molecule has 31 heavy (non-hydrogen) atoms. The lowest BCUT2D eigenvalue weighted by molar-refractivity contribution is -0.122. The predicted molar refractivity (Wildman–Crippen MR) is 133 cm³/mol. The largest absolute Gasteiger partial charge is 0.394 e. The third kappa shape index (κ3) is 17.0. The molecule has 1 rings (SSSR count). The van der Waals surface area contributed by atoms with Gasteiger partial charge in [-0.2, -0.15) is 0 Å². The van der Waals surface area contributed by atoms with Crippen LogP contribution in [0.3, 0.4) is 0 Å². The van der Waals surface area contributed by atoms with E-state index in [0.29, 0.717) is 6.42 Å². The molecule has 0 bridgehead atoms. The van der Waals surface area contributed by atoms with E-state index in [1.807, 2.05) is 0 Å². The van der Waals surface area contributed by atoms with Crippen LogP contribution < -0.4 is 5.32 Å². The molecule has 0 aliphatic heterocycles. The van der Waals surface area contributed by atoms with E-state index in [9.17, 15) is 4.79 Å². The van der Waals surface area contributed by atoms with Crippen LogP contribution in [0.4, 0.5) is 0 Å². The van der Waals surface area contributed by atoms with Crippen LogP contribution in [-0.2, 0) is 11.2 Å². The Hall–Kier alpha value is -2.39. The number of unbranched alkanes of at least 4 members (excludes halogenated alkanes) is 3. The van der Waals surface area contributed by atoms with Crippen molar-refractivity contribution in [2.24, 2.45) is 0 Å². The molecule has 0 saturated carbocycles. The number of allylic oxidation sites excluding steroid dienone is 8. The Balaban J connectivity index is 1.91. The summed E-state index contributed by atoms with van der Waals surface area (Å²) in [5, 5.41) is 11.7. The molecule has 0 radical (unpaired) electrons. The first kappa shape index (κ1) is 26.6. The average molecular weight is 424 g/mol.